The molecule has 1 atom stereocenters. The van der Waals surface area contributed by atoms with Crippen molar-refractivity contribution in [3.8, 4) is 0 Å². The van der Waals surface area contributed by atoms with Gasteiger partial charge in [-0.15, -0.1) is 0 Å². The van der Waals surface area contributed by atoms with Gasteiger partial charge in [0.15, 0.2) is 0 Å². The molecule has 21 heavy (non-hydrogen) atoms. The number of aliphatic hydroxyl groups excluding tert-OH is 1. The Kier molecular flexibility index (Phi) is 5.56. The van der Waals surface area contributed by atoms with Gasteiger partial charge in [-0.25, -0.2) is 13.1 Å². The molecule has 0 amide bonds. The van der Waals surface area contributed by atoms with E-state index in [1.165, 1.54) is 6.07 Å². The molecular weight excluding hydrogens is 422 g/mol. The van der Waals surface area contributed by atoms with E-state index < -0.39 is 16.1 Å². The van der Waals surface area contributed by atoms with E-state index in [1.807, 2.05) is 6.07 Å². The Morgan fingerprint density at radius 3 is 2.38 bits per heavy atom. The molecule has 0 radical (unpaired) electrons. The Morgan fingerprint density at radius 2 is 1.76 bits per heavy atom. The Bertz CT molecular complexity index is 720. The molecule has 0 fully saturated rings. The molecule has 2 N–H and O–H groups in total. The second-order valence-electron chi connectivity index (χ2n) is 4.34. The smallest absolute Gasteiger partial charge is 0.242 e. The van der Waals surface area contributed by atoms with Gasteiger partial charge in [-0.05, 0) is 39.7 Å². The SMILES string of the molecule is O=S(=O)(NC(CO)c1ccccc1)c1cc(Br)ccc1Br. The molecule has 0 saturated heterocycles. The molecule has 7 heteroatoms. The van der Waals surface area contributed by atoms with Crippen molar-refractivity contribution < 1.29 is 13.5 Å². The van der Waals surface area contributed by atoms with Crippen molar-refractivity contribution in [3.63, 3.8) is 0 Å². The summed E-state index contributed by atoms with van der Waals surface area (Å²) in [6.45, 7) is -0.325. The molecule has 0 saturated carbocycles. The van der Waals surface area contributed by atoms with Crippen molar-refractivity contribution in [2.24, 2.45) is 0 Å². The number of benzene rings is 2. The van der Waals surface area contributed by atoms with E-state index in [0.717, 1.165) is 0 Å². The van der Waals surface area contributed by atoms with Crippen molar-refractivity contribution in [2.75, 3.05) is 6.61 Å². The van der Waals surface area contributed by atoms with Crippen molar-refractivity contribution in [1.82, 2.24) is 4.72 Å². The highest BCUT2D eigenvalue weighted by Gasteiger charge is 2.23. The van der Waals surface area contributed by atoms with Gasteiger partial charge in [0.25, 0.3) is 0 Å². The van der Waals surface area contributed by atoms with Gasteiger partial charge in [0, 0.05) is 8.95 Å². The van der Waals surface area contributed by atoms with Crippen LogP contribution >= 0.6 is 31.9 Å². The Morgan fingerprint density at radius 1 is 1.10 bits per heavy atom. The average Bonchev–Trinajstić information content (AvgIpc) is 2.48. The Hall–Kier alpha value is -0.730. The molecule has 4 nitrogen and oxygen atoms in total. The first-order valence-corrected chi connectivity index (χ1v) is 9.14. The first-order chi connectivity index (χ1) is 9.94. The van der Waals surface area contributed by atoms with Gasteiger partial charge in [-0.3, -0.25) is 0 Å². The molecule has 0 spiro atoms. The molecule has 112 valence electrons. The van der Waals surface area contributed by atoms with E-state index in [-0.39, 0.29) is 11.5 Å². The second kappa shape index (κ2) is 7.02. The van der Waals surface area contributed by atoms with E-state index >= 15 is 0 Å². The van der Waals surface area contributed by atoms with Gasteiger partial charge < -0.3 is 5.11 Å². The second-order valence-corrected chi connectivity index (χ2v) is 7.79. The van der Waals surface area contributed by atoms with Crippen LogP contribution in [0.5, 0.6) is 0 Å². The molecule has 0 aliphatic rings. The number of aliphatic hydroxyl groups is 1. The minimum Gasteiger partial charge on any atom is -0.394 e. The lowest BCUT2D eigenvalue weighted by Gasteiger charge is -2.17. The lowest BCUT2D eigenvalue weighted by Crippen LogP contribution is -2.31. The van der Waals surface area contributed by atoms with Crippen LogP contribution in [0.2, 0.25) is 0 Å². The summed E-state index contributed by atoms with van der Waals surface area (Å²) in [5, 5.41) is 9.47. The molecule has 2 rings (SSSR count). The summed E-state index contributed by atoms with van der Waals surface area (Å²) in [6.07, 6.45) is 0. The quantitative estimate of drug-likeness (QED) is 0.759. The van der Waals surface area contributed by atoms with E-state index in [4.69, 9.17) is 0 Å². The molecule has 0 aliphatic heterocycles. The zero-order valence-corrected chi connectivity index (χ0v) is 14.8. The monoisotopic (exact) mass is 433 g/mol. The molecule has 2 aromatic carbocycles. The summed E-state index contributed by atoms with van der Waals surface area (Å²) in [5.74, 6) is 0. The molecule has 1 unspecified atom stereocenters. The Labute approximate surface area is 140 Å². The predicted molar refractivity (Wildman–Crippen MR) is 88.4 cm³/mol. The maximum atomic E-state index is 12.5. The summed E-state index contributed by atoms with van der Waals surface area (Å²) in [4.78, 5) is 0.117. The zero-order valence-electron chi connectivity index (χ0n) is 10.8. The third-order valence-electron chi connectivity index (χ3n) is 2.86. The van der Waals surface area contributed by atoms with Crippen LogP contribution in [0.15, 0.2) is 62.4 Å². The summed E-state index contributed by atoms with van der Waals surface area (Å²) in [5.41, 5.74) is 0.703. The number of sulfonamides is 1. The summed E-state index contributed by atoms with van der Waals surface area (Å²) < 4.78 is 28.6. The van der Waals surface area contributed by atoms with Gasteiger partial charge in [-0.1, -0.05) is 46.3 Å². The molecule has 0 bridgehead atoms. The standard InChI is InChI=1S/C14H13Br2NO3S/c15-11-6-7-12(16)14(8-11)21(19,20)17-13(9-18)10-4-2-1-3-5-10/h1-8,13,17-18H,9H2. The lowest BCUT2D eigenvalue weighted by molar-refractivity contribution is 0.259. The van der Waals surface area contributed by atoms with E-state index in [1.54, 1.807) is 36.4 Å². The largest absolute Gasteiger partial charge is 0.394 e. The van der Waals surface area contributed by atoms with E-state index in [2.05, 4.69) is 36.6 Å². The maximum absolute atomic E-state index is 12.5. The highest BCUT2D eigenvalue weighted by molar-refractivity contribution is 9.11. The van der Waals surface area contributed by atoms with Crippen LogP contribution in [0.1, 0.15) is 11.6 Å². The molecule has 0 aliphatic carbocycles. The highest BCUT2D eigenvalue weighted by Crippen LogP contribution is 2.27. The first-order valence-electron chi connectivity index (χ1n) is 6.07. The predicted octanol–water partition coefficient (Wildman–Crippen LogP) is 3.22. The topological polar surface area (TPSA) is 66.4 Å². The fraction of sp³-hybridized carbons (Fsp3) is 0.143. The third-order valence-corrected chi connectivity index (χ3v) is 5.82. The van der Waals surface area contributed by atoms with Crippen LogP contribution in [0.4, 0.5) is 0 Å². The van der Waals surface area contributed by atoms with Crippen LogP contribution in [0.3, 0.4) is 0 Å². The summed E-state index contributed by atoms with van der Waals surface area (Å²) in [7, 11) is -3.76. The number of hydrogen-bond donors (Lipinski definition) is 2. The van der Waals surface area contributed by atoms with Crippen LogP contribution in [0.25, 0.3) is 0 Å². The van der Waals surface area contributed by atoms with Crippen molar-refractivity contribution in [2.45, 2.75) is 10.9 Å². The number of nitrogens with one attached hydrogen (secondary N) is 1. The van der Waals surface area contributed by atoms with Crippen molar-refractivity contribution in [1.29, 1.82) is 0 Å². The van der Waals surface area contributed by atoms with Crippen molar-refractivity contribution >= 4 is 41.9 Å². The Balaban J connectivity index is 2.34. The summed E-state index contributed by atoms with van der Waals surface area (Å²) >= 11 is 6.49. The number of halogens is 2. The molecular formula is C14H13Br2NO3S. The van der Waals surface area contributed by atoms with E-state index in [9.17, 15) is 13.5 Å². The minimum absolute atomic E-state index is 0.117. The number of rotatable bonds is 5. The van der Waals surface area contributed by atoms with Gasteiger partial charge in [0.2, 0.25) is 10.0 Å². The fourth-order valence-corrected chi connectivity index (χ4v) is 4.55. The normalized spacial score (nSPS) is 13.1. The molecule has 0 heterocycles. The summed E-state index contributed by atoms with van der Waals surface area (Å²) in [6, 6.07) is 13.1. The van der Waals surface area contributed by atoms with Crippen LogP contribution in [0, 0.1) is 0 Å². The fourth-order valence-electron chi connectivity index (χ4n) is 1.83. The van der Waals surface area contributed by atoms with Crippen LogP contribution in [-0.2, 0) is 10.0 Å². The van der Waals surface area contributed by atoms with Crippen molar-refractivity contribution in [3.05, 3.63) is 63.0 Å². The third kappa shape index (κ3) is 4.14. The van der Waals surface area contributed by atoms with Gasteiger partial charge >= 0.3 is 0 Å². The maximum Gasteiger partial charge on any atom is 0.242 e. The van der Waals surface area contributed by atoms with Crippen LogP contribution < -0.4 is 4.72 Å². The van der Waals surface area contributed by atoms with Gasteiger partial charge in [0.05, 0.1) is 17.5 Å². The number of hydrogen-bond acceptors (Lipinski definition) is 3. The van der Waals surface area contributed by atoms with Crippen LogP contribution in [-0.4, -0.2) is 20.1 Å². The molecule has 0 aromatic heterocycles. The van der Waals surface area contributed by atoms with Gasteiger partial charge in [0.1, 0.15) is 0 Å². The molecule has 2 aromatic rings. The lowest BCUT2D eigenvalue weighted by atomic mass is 10.1. The van der Waals surface area contributed by atoms with Gasteiger partial charge in [-0.2, -0.15) is 0 Å². The highest BCUT2D eigenvalue weighted by atomic mass is 79.9. The zero-order chi connectivity index (χ0) is 15.5. The van der Waals surface area contributed by atoms with E-state index in [0.29, 0.717) is 14.5 Å². The first kappa shape index (κ1) is 16.6. The minimum atomic E-state index is -3.76. The average molecular weight is 435 g/mol.